The van der Waals surface area contributed by atoms with Crippen LogP contribution in [0.3, 0.4) is 0 Å². The fraction of sp³-hybridized carbons (Fsp3) is 0.704. The Hall–Kier alpha value is -1.88. The molecule has 2 atom stereocenters. The summed E-state index contributed by atoms with van der Waals surface area (Å²) in [7, 11) is -2.15. The number of ether oxygens (including phenoxy) is 1. The number of piperidine rings is 3. The molecular weight excluding hydrogens is 528 g/mol. The molecule has 3 saturated heterocycles. The van der Waals surface area contributed by atoms with Gasteiger partial charge >= 0.3 is 6.09 Å². The molecule has 4 fully saturated rings. The SMILES string of the molecule is CON=C1CCN(C2CCN(C(=O)OC[C@H]3CCC[C@@H](C4CC4)N3S(=O)(=O)c3ccc(Cl)cc3)CC2)CC1. The topological polar surface area (TPSA) is 91.8 Å². The molecule has 4 aliphatic rings. The minimum atomic E-state index is -3.73. The van der Waals surface area contributed by atoms with Gasteiger partial charge in [0.1, 0.15) is 13.7 Å². The van der Waals surface area contributed by atoms with Crippen LogP contribution in [0.5, 0.6) is 0 Å². The molecule has 3 heterocycles. The Morgan fingerprint density at radius 3 is 2.32 bits per heavy atom. The first-order valence-electron chi connectivity index (χ1n) is 13.9. The molecule has 11 heteroatoms. The highest BCUT2D eigenvalue weighted by atomic mass is 35.5. The Kier molecular flexibility index (Phi) is 8.82. The maximum Gasteiger partial charge on any atom is 0.409 e. The van der Waals surface area contributed by atoms with Crippen LogP contribution >= 0.6 is 11.6 Å². The van der Waals surface area contributed by atoms with Crippen LogP contribution in [0.2, 0.25) is 5.02 Å². The van der Waals surface area contributed by atoms with E-state index in [-0.39, 0.29) is 29.7 Å². The van der Waals surface area contributed by atoms with Gasteiger partial charge in [0, 0.05) is 56.1 Å². The van der Waals surface area contributed by atoms with Crippen molar-refractivity contribution >= 4 is 33.4 Å². The number of carbonyl (C=O) groups excluding carboxylic acids is 1. The lowest BCUT2D eigenvalue weighted by molar-refractivity contribution is 0.0451. The standard InChI is InChI=1S/C27H39ClN4O5S/c1-36-29-22-11-15-30(16-12-22)23-13-17-31(18-14-23)27(33)37-19-24-3-2-4-26(20-5-6-20)32(24)38(34,35)25-9-7-21(28)8-10-25/h7-10,20,23-24,26H,2-6,11-19H2,1H3/t24-,26+/m1/s1. The largest absolute Gasteiger partial charge is 0.448 e. The molecule has 0 unspecified atom stereocenters. The van der Waals surface area contributed by atoms with Crippen molar-refractivity contribution in [1.29, 1.82) is 0 Å². The maximum atomic E-state index is 13.8. The summed E-state index contributed by atoms with van der Waals surface area (Å²) in [6.45, 7) is 3.34. The number of amides is 1. The molecular formula is C27H39ClN4O5S. The Balaban J connectivity index is 1.17. The first-order valence-corrected chi connectivity index (χ1v) is 15.7. The zero-order chi connectivity index (χ0) is 26.7. The van der Waals surface area contributed by atoms with Crippen LogP contribution < -0.4 is 0 Å². The summed E-state index contributed by atoms with van der Waals surface area (Å²) < 4.78 is 35.0. The lowest BCUT2D eigenvalue weighted by Gasteiger charge is -2.42. The molecule has 1 saturated carbocycles. The van der Waals surface area contributed by atoms with E-state index in [4.69, 9.17) is 21.2 Å². The minimum absolute atomic E-state index is 0.0390. The number of likely N-dealkylation sites (tertiary alicyclic amines) is 2. The molecule has 0 radical (unpaired) electrons. The van der Waals surface area contributed by atoms with Crippen LogP contribution in [-0.2, 0) is 19.6 Å². The Bertz CT molecular complexity index is 1090. The summed E-state index contributed by atoms with van der Waals surface area (Å²) in [6, 6.07) is 6.42. The molecule has 210 valence electrons. The van der Waals surface area contributed by atoms with E-state index in [9.17, 15) is 13.2 Å². The molecule has 1 amide bonds. The summed E-state index contributed by atoms with van der Waals surface area (Å²) in [5.41, 5.74) is 1.11. The van der Waals surface area contributed by atoms with Gasteiger partial charge in [-0.1, -0.05) is 23.2 Å². The van der Waals surface area contributed by atoms with E-state index in [0.717, 1.165) is 70.2 Å². The molecule has 1 aliphatic carbocycles. The van der Waals surface area contributed by atoms with Crippen LogP contribution in [-0.4, -0.2) is 92.3 Å². The van der Waals surface area contributed by atoms with Crippen LogP contribution in [0.1, 0.15) is 57.8 Å². The van der Waals surface area contributed by atoms with Gasteiger partial charge in [0.25, 0.3) is 0 Å². The van der Waals surface area contributed by atoms with Crippen LogP contribution in [0.15, 0.2) is 34.3 Å². The third kappa shape index (κ3) is 6.29. The highest BCUT2D eigenvalue weighted by molar-refractivity contribution is 7.89. The van der Waals surface area contributed by atoms with Crippen molar-refractivity contribution in [3.63, 3.8) is 0 Å². The van der Waals surface area contributed by atoms with Gasteiger partial charge in [-0.05, 0) is 68.7 Å². The third-order valence-corrected chi connectivity index (χ3v) is 10.8. The molecule has 3 aliphatic heterocycles. The number of hydrogen-bond acceptors (Lipinski definition) is 7. The lowest BCUT2D eigenvalue weighted by Crippen LogP contribution is -2.53. The monoisotopic (exact) mass is 566 g/mol. The van der Waals surface area contributed by atoms with Crippen molar-refractivity contribution in [1.82, 2.24) is 14.1 Å². The molecule has 0 N–H and O–H groups in total. The number of sulfonamides is 1. The lowest BCUT2D eigenvalue weighted by atomic mass is 9.96. The van der Waals surface area contributed by atoms with Crippen LogP contribution in [0.25, 0.3) is 0 Å². The second kappa shape index (κ2) is 12.1. The minimum Gasteiger partial charge on any atom is -0.448 e. The Labute approximate surface area is 231 Å². The summed E-state index contributed by atoms with van der Waals surface area (Å²) in [5, 5.41) is 4.59. The summed E-state index contributed by atoms with van der Waals surface area (Å²) in [5.74, 6) is 0.390. The van der Waals surface area contributed by atoms with E-state index in [2.05, 4.69) is 10.1 Å². The smallest absolute Gasteiger partial charge is 0.409 e. The highest BCUT2D eigenvalue weighted by Crippen LogP contribution is 2.43. The third-order valence-electron chi connectivity index (χ3n) is 8.51. The van der Waals surface area contributed by atoms with Gasteiger partial charge in [-0.15, -0.1) is 0 Å². The molecule has 5 rings (SSSR count). The van der Waals surface area contributed by atoms with Gasteiger partial charge in [-0.2, -0.15) is 4.31 Å². The molecule has 1 aromatic carbocycles. The van der Waals surface area contributed by atoms with Gasteiger partial charge in [0.2, 0.25) is 10.0 Å². The normalized spacial score (nSPS) is 26.3. The van der Waals surface area contributed by atoms with Crippen molar-refractivity contribution < 1.29 is 22.8 Å². The average molecular weight is 567 g/mol. The number of benzene rings is 1. The zero-order valence-electron chi connectivity index (χ0n) is 22.1. The molecule has 1 aromatic rings. The van der Waals surface area contributed by atoms with Crippen molar-refractivity contribution in [3.05, 3.63) is 29.3 Å². The Morgan fingerprint density at radius 1 is 1.00 bits per heavy atom. The predicted octanol–water partition coefficient (Wildman–Crippen LogP) is 4.36. The van der Waals surface area contributed by atoms with Crippen LogP contribution in [0, 0.1) is 5.92 Å². The molecule has 9 nitrogen and oxygen atoms in total. The van der Waals surface area contributed by atoms with Gasteiger partial charge in [-0.3, -0.25) is 4.90 Å². The van der Waals surface area contributed by atoms with E-state index < -0.39 is 10.0 Å². The fourth-order valence-electron chi connectivity index (χ4n) is 6.31. The number of halogens is 1. The quantitative estimate of drug-likeness (QED) is 0.455. The number of rotatable bonds is 7. The first-order chi connectivity index (χ1) is 18.4. The van der Waals surface area contributed by atoms with Crippen molar-refractivity contribution in [3.8, 4) is 0 Å². The summed E-state index contributed by atoms with van der Waals surface area (Å²) in [6.07, 6.45) is 7.92. The Morgan fingerprint density at radius 2 is 1.68 bits per heavy atom. The fourth-order valence-corrected chi connectivity index (χ4v) is 8.35. The summed E-state index contributed by atoms with van der Waals surface area (Å²) >= 11 is 6.01. The van der Waals surface area contributed by atoms with Crippen molar-refractivity contribution in [2.24, 2.45) is 11.1 Å². The second-order valence-corrected chi connectivity index (χ2v) is 13.2. The average Bonchev–Trinajstić information content (AvgIpc) is 3.78. The van der Waals surface area contributed by atoms with Crippen molar-refractivity contribution in [2.45, 2.75) is 80.8 Å². The zero-order valence-corrected chi connectivity index (χ0v) is 23.7. The highest BCUT2D eigenvalue weighted by Gasteiger charge is 2.46. The van der Waals surface area contributed by atoms with Gasteiger partial charge in [0.15, 0.2) is 0 Å². The second-order valence-electron chi connectivity index (χ2n) is 10.9. The van der Waals surface area contributed by atoms with E-state index in [1.54, 1.807) is 40.6 Å². The first kappa shape index (κ1) is 27.7. The number of carbonyl (C=O) groups is 1. The predicted molar refractivity (Wildman–Crippen MR) is 146 cm³/mol. The number of oxime groups is 1. The molecule has 0 bridgehead atoms. The maximum absolute atomic E-state index is 13.8. The molecule has 0 aromatic heterocycles. The molecule has 38 heavy (non-hydrogen) atoms. The van der Waals surface area contributed by atoms with E-state index in [0.29, 0.717) is 36.5 Å². The van der Waals surface area contributed by atoms with Gasteiger partial charge in [0.05, 0.1) is 16.6 Å². The van der Waals surface area contributed by atoms with E-state index >= 15 is 0 Å². The van der Waals surface area contributed by atoms with Crippen LogP contribution in [0.4, 0.5) is 4.79 Å². The van der Waals surface area contributed by atoms with Gasteiger partial charge in [-0.25, -0.2) is 13.2 Å². The van der Waals surface area contributed by atoms with Gasteiger partial charge < -0.3 is 14.5 Å². The molecule has 0 spiro atoms. The van der Waals surface area contributed by atoms with Crippen molar-refractivity contribution in [2.75, 3.05) is 39.9 Å². The van der Waals surface area contributed by atoms with E-state index in [1.165, 1.54) is 0 Å². The number of nitrogens with zero attached hydrogens (tertiary/aromatic N) is 4. The number of hydrogen-bond donors (Lipinski definition) is 0. The van der Waals surface area contributed by atoms with E-state index in [1.807, 2.05) is 0 Å². The summed E-state index contributed by atoms with van der Waals surface area (Å²) in [4.78, 5) is 22.4.